The molecule has 0 aliphatic carbocycles. The van der Waals surface area contributed by atoms with Crippen molar-refractivity contribution in [3.8, 4) is 0 Å². The fourth-order valence-corrected chi connectivity index (χ4v) is 0.957. The number of hydrogen-bond donors (Lipinski definition) is 0. The van der Waals surface area contributed by atoms with Crippen molar-refractivity contribution in [3.05, 3.63) is 29.6 Å². The highest BCUT2D eigenvalue weighted by Crippen LogP contribution is 2.28. The largest absolute Gasteiger partial charge is 0.458 e. The van der Waals surface area contributed by atoms with Crippen molar-refractivity contribution in [3.63, 3.8) is 0 Å². The molecule has 0 bridgehead atoms. The number of hydrogen-bond acceptors (Lipinski definition) is 3. The molecule has 1 rings (SSSR count). The highest BCUT2D eigenvalue weighted by molar-refractivity contribution is 5.87. The number of carbonyl (C=O) groups excluding carboxylic acids is 1. The third-order valence-corrected chi connectivity index (χ3v) is 1.64. The standard InChI is InChI=1S/C10H10F3NO2/c1-6(2)16-9(15)8-4-3-7(5-14-8)10(11,12)13/h3-6H,1-2H3. The Hall–Kier alpha value is -1.59. The molecule has 0 aliphatic heterocycles. The predicted molar refractivity (Wildman–Crippen MR) is 49.8 cm³/mol. The summed E-state index contributed by atoms with van der Waals surface area (Å²) in [6.45, 7) is 3.28. The van der Waals surface area contributed by atoms with E-state index in [0.29, 0.717) is 6.20 Å². The van der Waals surface area contributed by atoms with E-state index in [1.54, 1.807) is 13.8 Å². The summed E-state index contributed by atoms with van der Waals surface area (Å²) in [4.78, 5) is 14.7. The minimum Gasteiger partial charge on any atom is -0.458 e. The van der Waals surface area contributed by atoms with Gasteiger partial charge in [0, 0.05) is 6.20 Å². The average Bonchev–Trinajstić information content (AvgIpc) is 2.15. The van der Waals surface area contributed by atoms with Gasteiger partial charge in [0.2, 0.25) is 0 Å². The molecule has 0 radical (unpaired) electrons. The number of rotatable bonds is 2. The molecule has 1 heterocycles. The van der Waals surface area contributed by atoms with Gasteiger partial charge in [-0.15, -0.1) is 0 Å². The van der Waals surface area contributed by atoms with Crippen LogP contribution in [0.25, 0.3) is 0 Å². The quantitative estimate of drug-likeness (QED) is 0.737. The molecule has 0 unspecified atom stereocenters. The van der Waals surface area contributed by atoms with Crippen LogP contribution >= 0.6 is 0 Å². The molecule has 0 atom stereocenters. The van der Waals surface area contributed by atoms with E-state index in [4.69, 9.17) is 4.74 Å². The maximum atomic E-state index is 12.2. The minimum absolute atomic E-state index is 0.137. The number of aromatic nitrogens is 1. The van der Waals surface area contributed by atoms with Crippen LogP contribution in [0.15, 0.2) is 18.3 Å². The molecular weight excluding hydrogens is 223 g/mol. The van der Waals surface area contributed by atoms with Crippen LogP contribution < -0.4 is 0 Å². The summed E-state index contributed by atoms with van der Waals surface area (Å²) < 4.78 is 41.3. The van der Waals surface area contributed by atoms with Gasteiger partial charge in [-0.2, -0.15) is 13.2 Å². The maximum absolute atomic E-state index is 12.2. The average molecular weight is 233 g/mol. The van der Waals surface area contributed by atoms with E-state index in [2.05, 4.69) is 4.98 Å². The zero-order valence-electron chi connectivity index (χ0n) is 8.71. The lowest BCUT2D eigenvalue weighted by molar-refractivity contribution is -0.137. The number of esters is 1. The maximum Gasteiger partial charge on any atom is 0.417 e. The SMILES string of the molecule is CC(C)OC(=O)c1ccc(C(F)(F)F)cn1. The number of pyridine rings is 1. The number of nitrogens with zero attached hydrogens (tertiary/aromatic N) is 1. The molecule has 0 N–H and O–H groups in total. The van der Waals surface area contributed by atoms with Crippen molar-refractivity contribution in [2.24, 2.45) is 0 Å². The van der Waals surface area contributed by atoms with Crippen LogP contribution in [0.4, 0.5) is 13.2 Å². The second kappa shape index (κ2) is 4.51. The first-order valence-electron chi connectivity index (χ1n) is 4.55. The fourth-order valence-electron chi connectivity index (χ4n) is 0.957. The smallest absolute Gasteiger partial charge is 0.417 e. The van der Waals surface area contributed by atoms with Gasteiger partial charge in [-0.3, -0.25) is 0 Å². The topological polar surface area (TPSA) is 39.2 Å². The second-order valence-electron chi connectivity index (χ2n) is 3.38. The van der Waals surface area contributed by atoms with Gasteiger partial charge in [0.25, 0.3) is 0 Å². The first-order chi connectivity index (χ1) is 7.30. The van der Waals surface area contributed by atoms with E-state index in [1.165, 1.54) is 0 Å². The van der Waals surface area contributed by atoms with Gasteiger partial charge in [-0.1, -0.05) is 0 Å². The van der Waals surface area contributed by atoms with E-state index in [9.17, 15) is 18.0 Å². The van der Waals surface area contributed by atoms with Gasteiger partial charge >= 0.3 is 12.1 Å². The van der Waals surface area contributed by atoms with Gasteiger partial charge in [-0.25, -0.2) is 9.78 Å². The molecule has 6 heteroatoms. The summed E-state index contributed by atoms with van der Waals surface area (Å²) in [6.07, 6.45) is -4.18. The van der Waals surface area contributed by atoms with E-state index < -0.39 is 17.7 Å². The molecule has 0 spiro atoms. The lowest BCUT2D eigenvalue weighted by Crippen LogP contribution is -2.14. The summed E-state index contributed by atoms with van der Waals surface area (Å²) >= 11 is 0. The molecular formula is C10H10F3NO2. The third kappa shape index (κ3) is 3.22. The summed E-state index contributed by atoms with van der Waals surface area (Å²) in [5.41, 5.74) is -1.03. The van der Waals surface area contributed by atoms with Crippen LogP contribution in [0.1, 0.15) is 29.9 Å². The number of halogens is 3. The van der Waals surface area contributed by atoms with Crippen molar-refractivity contribution in [1.82, 2.24) is 4.98 Å². The summed E-state index contributed by atoms with van der Waals surface area (Å²) in [6, 6.07) is 1.79. The van der Waals surface area contributed by atoms with Gasteiger partial charge in [-0.05, 0) is 26.0 Å². The molecule has 1 aromatic heterocycles. The Labute approximate surface area is 90.2 Å². The summed E-state index contributed by atoms with van der Waals surface area (Å²) in [7, 11) is 0. The van der Waals surface area contributed by atoms with Crippen molar-refractivity contribution in [2.75, 3.05) is 0 Å². The molecule has 0 aliphatic rings. The van der Waals surface area contributed by atoms with E-state index >= 15 is 0 Å². The van der Waals surface area contributed by atoms with E-state index in [1.807, 2.05) is 0 Å². The minimum atomic E-state index is -4.45. The zero-order chi connectivity index (χ0) is 12.3. The van der Waals surface area contributed by atoms with Gasteiger partial charge in [0.05, 0.1) is 11.7 Å². The monoisotopic (exact) mass is 233 g/mol. The third-order valence-electron chi connectivity index (χ3n) is 1.64. The molecule has 0 saturated heterocycles. The predicted octanol–water partition coefficient (Wildman–Crippen LogP) is 2.67. The first kappa shape index (κ1) is 12.5. The van der Waals surface area contributed by atoms with Gasteiger partial charge < -0.3 is 4.74 Å². The molecule has 0 aromatic carbocycles. The molecule has 0 fully saturated rings. The Morgan fingerprint density at radius 1 is 1.38 bits per heavy atom. The van der Waals surface area contributed by atoms with Gasteiger partial charge in [0.15, 0.2) is 0 Å². The van der Waals surface area contributed by atoms with Crippen LogP contribution in [0.2, 0.25) is 0 Å². The molecule has 0 amide bonds. The number of ether oxygens (including phenoxy) is 1. The van der Waals surface area contributed by atoms with Crippen molar-refractivity contribution < 1.29 is 22.7 Å². The first-order valence-corrected chi connectivity index (χ1v) is 4.55. The zero-order valence-corrected chi connectivity index (χ0v) is 8.71. The molecule has 1 aromatic rings. The molecule has 3 nitrogen and oxygen atoms in total. The Bertz CT molecular complexity index is 371. The Balaban J connectivity index is 2.83. The number of carbonyl (C=O) groups is 1. The van der Waals surface area contributed by atoms with Crippen molar-refractivity contribution >= 4 is 5.97 Å². The second-order valence-corrected chi connectivity index (χ2v) is 3.38. The van der Waals surface area contributed by atoms with E-state index in [0.717, 1.165) is 12.1 Å². The fraction of sp³-hybridized carbons (Fsp3) is 0.400. The Morgan fingerprint density at radius 3 is 2.38 bits per heavy atom. The highest BCUT2D eigenvalue weighted by Gasteiger charge is 2.31. The molecule has 16 heavy (non-hydrogen) atoms. The summed E-state index contributed by atoms with van der Waals surface area (Å²) in [5, 5.41) is 0. The molecule has 88 valence electrons. The van der Waals surface area contributed by atoms with Crippen LogP contribution in [-0.4, -0.2) is 17.1 Å². The van der Waals surface area contributed by atoms with Crippen molar-refractivity contribution in [2.45, 2.75) is 26.1 Å². The van der Waals surface area contributed by atoms with Crippen LogP contribution in [-0.2, 0) is 10.9 Å². The van der Waals surface area contributed by atoms with Crippen LogP contribution in [0.5, 0.6) is 0 Å². The molecule has 0 saturated carbocycles. The van der Waals surface area contributed by atoms with Gasteiger partial charge in [0.1, 0.15) is 5.69 Å². The number of alkyl halides is 3. The Morgan fingerprint density at radius 2 is 2.00 bits per heavy atom. The highest BCUT2D eigenvalue weighted by atomic mass is 19.4. The normalized spacial score (nSPS) is 11.6. The summed E-state index contributed by atoms with van der Waals surface area (Å²) in [5.74, 6) is -0.733. The van der Waals surface area contributed by atoms with Crippen LogP contribution in [0, 0.1) is 0 Å². The van der Waals surface area contributed by atoms with Crippen molar-refractivity contribution in [1.29, 1.82) is 0 Å². The lowest BCUT2D eigenvalue weighted by Gasteiger charge is -2.08. The lowest BCUT2D eigenvalue weighted by atomic mass is 10.2. The van der Waals surface area contributed by atoms with E-state index in [-0.39, 0.29) is 11.8 Å². The van der Waals surface area contributed by atoms with Crippen LogP contribution in [0.3, 0.4) is 0 Å². The Kier molecular flexibility index (Phi) is 3.51.